The molecule has 0 aliphatic carbocycles. The van der Waals surface area contributed by atoms with Gasteiger partial charge < -0.3 is 11.1 Å². The van der Waals surface area contributed by atoms with Crippen molar-refractivity contribution < 1.29 is 18.0 Å². The van der Waals surface area contributed by atoms with E-state index in [9.17, 15) is 18.0 Å². The Morgan fingerprint density at radius 1 is 1.36 bits per heavy atom. The fourth-order valence-corrected chi connectivity index (χ4v) is 2.06. The number of anilines is 2. The van der Waals surface area contributed by atoms with E-state index in [1.54, 1.807) is 12.1 Å². The second kappa shape index (κ2) is 5.84. The second-order valence-electron chi connectivity index (χ2n) is 4.49. The number of hydrogen-bond donors (Lipinski definition) is 2. The first kappa shape index (κ1) is 16.1. The lowest BCUT2D eigenvalue weighted by molar-refractivity contribution is -0.136. The molecule has 0 aliphatic heterocycles. The zero-order valence-corrected chi connectivity index (χ0v) is 12.1. The first-order valence-electron chi connectivity index (χ1n) is 6.10. The maximum Gasteiger partial charge on any atom is 0.418 e. The smallest absolute Gasteiger partial charge is 0.397 e. The predicted molar refractivity (Wildman–Crippen MR) is 77.8 cm³/mol. The summed E-state index contributed by atoms with van der Waals surface area (Å²) in [6, 6.07) is 5.47. The molecule has 0 aliphatic rings. The van der Waals surface area contributed by atoms with Crippen molar-refractivity contribution in [1.82, 2.24) is 4.98 Å². The lowest BCUT2D eigenvalue weighted by Crippen LogP contribution is -2.18. The second-order valence-corrected chi connectivity index (χ2v) is 4.87. The third-order valence-electron chi connectivity index (χ3n) is 3.01. The highest BCUT2D eigenvalue weighted by Crippen LogP contribution is 2.39. The van der Waals surface area contributed by atoms with Crippen LogP contribution in [0.4, 0.5) is 24.7 Å². The SMILES string of the molecule is Cc1c(C(=O)Nc2ccccn2)cc(C(F)(F)F)c(N)c1Cl. The molecular weight excluding hydrogens is 319 g/mol. The maximum absolute atomic E-state index is 12.9. The Bertz CT molecular complexity index is 718. The summed E-state index contributed by atoms with van der Waals surface area (Å²) >= 11 is 5.82. The Hall–Kier alpha value is -2.28. The van der Waals surface area contributed by atoms with Gasteiger partial charge in [0.25, 0.3) is 5.91 Å². The van der Waals surface area contributed by atoms with Crippen LogP contribution in [0.3, 0.4) is 0 Å². The van der Waals surface area contributed by atoms with Gasteiger partial charge in [-0.15, -0.1) is 0 Å². The first-order valence-corrected chi connectivity index (χ1v) is 6.47. The molecule has 1 aromatic carbocycles. The van der Waals surface area contributed by atoms with E-state index in [1.807, 2.05) is 0 Å². The van der Waals surface area contributed by atoms with Gasteiger partial charge in [-0.05, 0) is 30.7 Å². The molecule has 0 unspecified atom stereocenters. The van der Waals surface area contributed by atoms with E-state index in [0.717, 1.165) is 0 Å². The molecule has 0 atom stereocenters. The number of aromatic nitrogens is 1. The minimum Gasteiger partial charge on any atom is -0.397 e. The van der Waals surface area contributed by atoms with Crippen molar-refractivity contribution in [3.05, 3.63) is 52.2 Å². The Kier molecular flexibility index (Phi) is 4.27. The molecule has 0 bridgehead atoms. The number of alkyl halides is 3. The van der Waals surface area contributed by atoms with Crippen LogP contribution >= 0.6 is 11.6 Å². The number of amides is 1. The summed E-state index contributed by atoms with van der Waals surface area (Å²) in [5.74, 6) is -0.531. The lowest BCUT2D eigenvalue weighted by Gasteiger charge is -2.16. The van der Waals surface area contributed by atoms with E-state index in [-0.39, 0.29) is 22.0 Å². The molecule has 0 saturated heterocycles. The number of hydrogen-bond acceptors (Lipinski definition) is 3. The van der Waals surface area contributed by atoms with Gasteiger partial charge in [0.15, 0.2) is 0 Å². The van der Waals surface area contributed by atoms with Gasteiger partial charge in [0, 0.05) is 11.8 Å². The largest absolute Gasteiger partial charge is 0.418 e. The number of carbonyl (C=O) groups excluding carboxylic acids is 1. The zero-order chi connectivity index (χ0) is 16.5. The Morgan fingerprint density at radius 3 is 2.59 bits per heavy atom. The van der Waals surface area contributed by atoms with Crippen LogP contribution in [0, 0.1) is 6.92 Å². The molecule has 116 valence electrons. The number of nitrogens with two attached hydrogens (primary N) is 1. The summed E-state index contributed by atoms with van der Waals surface area (Å²) in [7, 11) is 0. The van der Waals surface area contributed by atoms with Gasteiger partial charge in [-0.25, -0.2) is 4.98 Å². The van der Waals surface area contributed by atoms with Crippen LogP contribution in [0.15, 0.2) is 30.5 Å². The van der Waals surface area contributed by atoms with Crippen LogP contribution in [0.1, 0.15) is 21.5 Å². The number of nitrogens with zero attached hydrogens (tertiary/aromatic N) is 1. The van der Waals surface area contributed by atoms with E-state index in [4.69, 9.17) is 17.3 Å². The summed E-state index contributed by atoms with van der Waals surface area (Å²) in [4.78, 5) is 16.0. The molecule has 2 rings (SSSR count). The summed E-state index contributed by atoms with van der Waals surface area (Å²) in [5, 5.41) is 2.12. The fourth-order valence-electron chi connectivity index (χ4n) is 1.86. The van der Waals surface area contributed by atoms with E-state index in [0.29, 0.717) is 6.07 Å². The molecular formula is C14H11ClF3N3O. The highest BCUT2D eigenvalue weighted by molar-refractivity contribution is 6.34. The molecule has 0 spiro atoms. The van der Waals surface area contributed by atoms with Crippen molar-refractivity contribution >= 4 is 29.0 Å². The van der Waals surface area contributed by atoms with Crippen LogP contribution in [-0.2, 0) is 6.18 Å². The zero-order valence-electron chi connectivity index (χ0n) is 11.3. The van der Waals surface area contributed by atoms with Gasteiger partial charge in [-0.2, -0.15) is 13.2 Å². The average molecular weight is 330 g/mol. The van der Waals surface area contributed by atoms with Gasteiger partial charge in [0.05, 0.1) is 16.3 Å². The highest BCUT2D eigenvalue weighted by atomic mass is 35.5. The predicted octanol–water partition coefficient (Wildman–Crippen LogP) is 3.90. The number of halogens is 4. The molecule has 1 amide bonds. The number of nitrogens with one attached hydrogen (secondary N) is 1. The van der Waals surface area contributed by atoms with Crippen molar-refractivity contribution in [1.29, 1.82) is 0 Å². The Balaban J connectivity index is 2.47. The van der Waals surface area contributed by atoms with Crippen molar-refractivity contribution in [3.63, 3.8) is 0 Å². The molecule has 0 saturated carbocycles. The fraction of sp³-hybridized carbons (Fsp3) is 0.143. The minimum absolute atomic E-state index is 0.167. The minimum atomic E-state index is -4.71. The molecule has 0 fully saturated rings. The number of rotatable bonds is 2. The molecule has 2 aromatic rings. The molecule has 1 heterocycles. The molecule has 1 aromatic heterocycles. The van der Waals surface area contributed by atoms with Gasteiger partial charge in [-0.1, -0.05) is 17.7 Å². The van der Waals surface area contributed by atoms with Gasteiger partial charge in [0.1, 0.15) is 5.82 Å². The summed E-state index contributed by atoms with van der Waals surface area (Å²) < 4.78 is 38.8. The lowest BCUT2D eigenvalue weighted by atomic mass is 10.0. The highest BCUT2D eigenvalue weighted by Gasteiger charge is 2.35. The maximum atomic E-state index is 12.9. The topological polar surface area (TPSA) is 68.0 Å². The van der Waals surface area contributed by atoms with Gasteiger partial charge in [0.2, 0.25) is 0 Å². The number of nitrogen functional groups attached to an aromatic ring is 1. The first-order chi connectivity index (χ1) is 10.2. The standard InChI is InChI=1S/C14H11ClF3N3O/c1-7-8(13(22)21-10-4-2-3-5-20-10)6-9(14(16,17)18)12(19)11(7)15/h2-6H,19H2,1H3,(H,20,21,22). The van der Waals surface area contributed by atoms with Crippen LogP contribution < -0.4 is 11.1 Å². The van der Waals surface area contributed by atoms with Crippen molar-refractivity contribution in [2.24, 2.45) is 0 Å². The average Bonchev–Trinajstić information content (AvgIpc) is 2.44. The van der Waals surface area contributed by atoms with Crippen LogP contribution in [0.2, 0.25) is 5.02 Å². The summed E-state index contributed by atoms with van der Waals surface area (Å²) in [5.41, 5.74) is 3.61. The summed E-state index contributed by atoms with van der Waals surface area (Å²) in [6.45, 7) is 1.42. The Labute approximate surface area is 129 Å². The number of benzene rings is 1. The normalized spacial score (nSPS) is 11.3. The molecule has 8 heteroatoms. The third-order valence-corrected chi connectivity index (χ3v) is 3.49. The van der Waals surface area contributed by atoms with Crippen LogP contribution in [0.25, 0.3) is 0 Å². The number of pyridine rings is 1. The number of carbonyl (C=O) groups is 1. The Morgan fingerprint density at radius 2 is 2.05 bits per heavy atom. The van der Waals surface area contributed by atoms with Crippen LogP contribution in [0.5, 0.6) is 0 Å². The van der Waals surface area contributed by atoms with Crippen molar-refractivity contribution in [2.45, 2.75) is 13.1 Å². The molecule has 22 heavy (non-hydrogen) atoms. The van der Waals surface area contributed by atoms with E-state index >= 15 is 0 Å². The van der Waals surface area contributed by atoms with Crippen LogP contribution in [-0.4, -0.2) is 10.9 Å². The molecule has 0 radical (unpaired) electrons. The van der Waals surface area contributed by atoms with Crippen molar-refractivity contribution in [2.75, 3.05) is 11.1 Å². The molecule has 3 N–H and O–H groups in total. The van der Waals surface area contributed by atoms with E-state index in [2.05, 4.69) is 10.3 Å². The van der Waals surface area contributed by atoms with Gasteiger partial charge >= 0.3 is 6.18 Å². The van der Waals surface area contributed by atoms with E-state index in [1.165, 1.54) is 19.2 Å². The van der Waals surface area contributed by atoms with Gasteiger partial charge in [-0.3, -0.25) is 4.79 Å². The third kappa shape index (κ3) is 3.14. The van der Waals surface area contributed by atoms with E-state index < -0.39 is 23.3 Å². The monoisotopic (exact) mass is 329 g/mol. The molecule has 4 nitrogen and oxygen atoms in total. The quantitative estimate of drug-likeness (QED) is 0.821. The summed E-state index contributed by atoms with van der Waals surface area (Å²) in [6.07, 6.45) is -3.26. The van der Waals surface area contributed by atoms with Crippen molar-refractivity contribution in [3.8, 4) is 0 Å².